The molecular weight excluding hydrogens is 536 g/mol. The molecule has 0 bridgehead atoms. The normalized spacial score (nSPS) is 24.0. The van der Waals surface area contributed by atoms with Crippen LogP contribution in [0.1, 0.15) is 49.1 Å². The van der Waals surface area contributed by atoms with Crippen LogP contribution in [-0.4, -0.2) is 46.7 Å². The molecule has 3 aromatic rings. The molecule has 42 heavy (non-hydrogen) atoms. The summed E-state index contributed by atoms with van der Waals surface area (Å²) in [6.45, 7) is 5.41. The zero-order valence-corrected chi connectivity index (χ0v) is 24.2. The number of carboxylic acid groups (broad SMARTS) is 1. The minimum Gasteiger partial charge on any atom is -0.493 e. The average molecular weight is 573 g/mol. The number of fused-ring (bicyclic) bond motifs is 1. The van der Waals surface area contributed by atoms with Crippen LogP contribution in [0, 0.1) is 11.8 Å². The van der Waals surface area contributed by atoms with E-state index in [1.807, 2.05) is 62.4 Å². The van der Waals surface area contributed by atoms with E-state index in [9.17, 15) is 24.6 Å². The van der Waals surface area contributed by atoms with Crippen LogP contribution in [0.3, 0.4) is 0 Å². The Hall–Kier alpha value is -4.21. The predicted octanol–water partition coefficient (Wildman–Crippen LogP) is 4.05. The minimum atomic E-state index is -2.12. The Morgan fingerprint density at radius 1 is 0.976 bits per heavy atom. The fourth-order valence-electron chi connectivity index (χ4n) is 6.51. The van der Waals surface area contributed by atoms with Crippen LogP contribution < -0.4 is 19.7 Å². The molecule has 2 saturated heterocycles. The molecule has 0 aliphatic carbocycles. The van der Waals surface area contributed by atoms with Gasteiger partial charge in [-0.3, -0.25) is 19.7 Å². The largest absolute Gasteiger partial charge is 0.493 e. The topological polar surface area (TPSA) is 125 Å². The molecule has 5 rings (SSSR count). The quantitative estimate of drug-likeness (QED) is 0.311. The van der Waals surface area contributed by atoms with E-state index in [-0.39, 0.29) is 6.61 Å². The number of imide groups is 1. The van der Waals surface area contributed by atoms with Gasteiger partial charge in [0.05, 0.1) is 30.7 Å². The lowest BCUT2D eigenvalue weighted by molar-refractivity contribution is -0.154. The maximum atomic E-state index is 14.4. The molecule has 3 aromatic carbocycles. The number of amides is 2. The third-order valence-electron chi connectivity index (χ3n) is 8.59. The van der Waals surface area contributed by atoms with Gasteiger partial charge in [0.1, 0.15) is 6.61 Å². The van der Waals surface area contributed by atoms with E-state index >= 15 is 0 Å². The number of hydrogen-bond donors (Lipinski definition) is 3. The predicted molar refractivity (Wildman–Crippen MR) is 156 cm³/mol. The molecule has 0 saturated carbocycles. The van der Waals surface area contributed by atoms with Gasteiger partial charge in [-0.15, -0.1) is 0 Å². The number of methoxy groups -OCH3 is 1. The molecule has 9 nitrogen and oxygen atoms in total. The molecule has 0 radical (unpaired) electrons. The SMILES string of the molecule is CCc1cccc(CC)c1N1C(=O)C2C(c3cccc(OC)c3OCc3ccccc3)NC(C(=O)O)(C(C)O)C2C1=O. The third-order valence-corrected chi connectivity index (χ3v) is 8.59. The van der Waals surface area contributed by atoms with Crippen molar-refractivity contribution in [3.8, 4) is 11.5 Å². The summed E-state index contributed by atoms with van der Waals surface area (Å²) in [5, 5.41) is 24.6. The van der Waals surface area contributed by atoms with Gasteiger partial charge in [-0.1, -0.05) is 74.5 Å². The summed E-state index contributed by atoms with van der Waals surface area (Å²) >= 11 is 0. The summed E-state index contributed by atoms with van der Waals surface area (Å²) in [7, 11) is 1.50. The Morgan fingerprint density at radius 3 is 2.19 bits per heavy atom. The molecule has 2 heterocycles. The first-order chi connectivity index (χ1) is 20.2. The first-order valence-corrected chi connectivity index (χ1v) is 14.2. The van der Waals surface area contributed by atoms with Gasteiger partial charge in [-0.05, 0) is 42.5 Å². The van der Waals surface area contributed by atoms with Crippen molar-refractivity contribution in [2.75, 3.05) is 12.0 Å². The molecule has 5 atom stereocenters. The minimum absolute atomic E-state index is 0.193. The third kappa shape index (κ3) is 4.53. The molecule has 2 amide bonds. The summed E-state index contributed by atoms with van der Waals surface area (Å²) in [4.78, 5) is 42.8. The second-order valence-electron chi connectivity index (χ2n) is 10.8. The number of carbonyl (C=O) groups is 3. The number of aliphatic carboxylic acids is 1. The molecule has 0 spiro atoms. The van der Waals surface area contributed by atoms with E-state index < -0.39 is 47.3 Å². The van der Waals surface area contributed by atoms with Crippen molar-refractivity contribution in [1.82, 2.24) is 5.32 Å². The second kappa shape index (κ2) is 11.6. The van der Waals surface area contributed by atoms with E-state index in [4.69, 9.17) is 9.47 Å². The monoisotopic (exact) mass is 572 g/mol. The highest BCUT2D eigenvalue weighted by atomic mass is 16.5. The number of carbonyl (C=O) groups excluding carboxylic acids is 2. The zero-order chi connectivity index (χ0) is 30.2. The number of aliphatic hydroxyl groups excluding tert-OH is 1. The van der Waals surface area contributed by atoms with Crippen molar-refractivity contribution in [2.45, 2.75) is 57.9 Å². The lowest BCUT2D eigenvalue weighted by Gasteiger charge is -2.34. The van der Waals surface area contributed by atoms with Crippen molar-refractivity contribution < 1.29 is 34.1 Å². The zero-order valence-electron chi connectivity index (χ0n) is 24.2. The van der Waals surface area contributed by atoms with E-state index in [1.54, 1.807) is 18.2 Å². The number of aryl methyl sites for hydroxylation is 2. The Labute approximate surface area is 245 Å². The fraction of sp³-hybridized carbons (Fsp3) is 0.364. The van der Waals surface area contributed by atoms with Crippen molar-refractivity contribution in [3.63, 3.8) is 0 Å². The molecular formula is C33H36N2O7. The maximum Gasteiger partial charge on any atom is 0.327 e. The highest BCUT2D eigenvalue weighted by Gasteiger charge is 2.71. The number of ether oxygens (including phenoxy) is 2. The number of hydrogen-bond acceptors (Lipinski definition) is 7. The van der Waals surface area contributed by atoms with E-state index in [1.165, 1.54) is 14.0 Å². The molecule has 9 heteroatoms. The standard InChI is InChI=1S/C33H36N2O7/c1-5-21-14-10-15-22(6-2)28(21)35-30(37)25-26(31(35)38)33(19(3)36,32(39)40)34-27(25)23-16-11-17-24(41-4)29(23)42-18-20-12-8-7-9-13-20/h7-17,19,25-27,34,36H,5-6,18H2,1-4H3,(H,39,40). The van der Waals surface area contributed by atoms with Gasteiger partial charge in [0, 0.05) is 11.6 Å². The highest BCUT2D eigenvalue weighted by molar-refractivity contribution is 6.25. The number of para-hydroxylation sites is 2. The Bertz CT molecular complexity index is 1480. The first kappa shape index (κ1) is 29.3. The Morgan fingerprint density at radius 2 is 1.62 bits per heavy atom. The van der Waals surface area contributed by atoms with Gasteiger partial charge in [0.2, 0.25) is 11.8 Å². The number of nitrogens with one attached hydrogen (secondary N) is 1. The summed E-state index contributed by atoms with van der Waals surface area (Å²) in [6.07, 6.45) is -0.355. The van der Waals surface area contributed by atoms with E-state index in [0.29, 0.717) is 35.6 Å². The lowest BCUT2D eigenvalue weighted by atomic mass is 9.76. The number of benzene rings is 3. The Kier molecular flexibility index (Phi) is 8.08. The second-order valence-corrected chi connectivity index (χ2v) is 10.8. The summed E-state index contributed by atoms with van der Waals surface area (Å²) in [6, 6.07) is 19.3. The Balaban J connectivity index is 1.67. The number of nitrogens with zero attached hydrogens (tertiary/aromatic N) is 1. The van der Waals surface area contributed by atoms with E-state index in [2.05, 4.69) is 5.32 Å². The summed E-state index contributed by atoms with van der Waals surface area (Å²) in [5.41, 5.74) is 1.37. The van der Waals surface area contributed by atoms with Crippen molar-refractivity contribution in [3.05, 3.63) is 89.0 Å². The fourth-order valence-corrected chi connectivity index (χ4v) is 6.51. The first-order valence-electron chi connectivity index (χ1n) is 14.2. The average Bonchev–Trinajstić information content (AvgIpc) is 3.49. The highest BCUT2D eigenvalue weighted by Crippen LogP contribution is 2.54. The van der Waals surface area contributed by atoms with Crippen LogP contribution >= 0.6 is 0 Å². The van der Waals surface area contributed by atoms with Crippen LogP contribution in [-0.2, 0) is 33.8 Å². The van der Waals surface area contributed by atoms with Crippen LogP contribution in [0.4, 0.5) is 5.69 Å². The van der Waals surface area contributed by atoms with Crippen LogP contribution in [0.5, 0.6) is 11.5 Å². The molecule has 2 aliphatic heterocycles. The molecule has 3 N–H and O–H groups in total. The number of anilines is 1. The number of aliphatic hydroxyl groups is 1. The summed E-state index contributed by atoms with van der Waals surface area (Å²) in [5.74, 6) is -4.34. The molecule has 220 valence electrons. The van der Waals surface area contributed by atoms with Crippen molar-refractivity contribution in [1.29, 1.82) is 0 Å². The number of rotatable bonds is 10. The van der Waals surface area contributed by atoms with Gasteiger partial charge in [-0.2, -0.15) is 0 Å². The van der Waals surface area contributed by atoms with Crippen LogP contribution in [0.25, 0.3) is 0 Å². The molecule has 2 fully saturated rings. The molecule has 0 aromatic heterocycles. The van der Waals surface area contributed by atoms with Crippen molar-refractivity contribution >= 4 is 23.5 Å². The van der Waals surface area contributed by atoms with Gasteiger partial charge in [0.25, 0.3) is 0 Å². The smallest absolute Gasteiger partial charge is 0.327 e. The molecule has 2 aliphatic rings. The lowest BCUT2D eigenvalue weighted by Crippen LogP contribution is -2.62. The van der Waals surface area contributed by atoms with Gasteiger partial charge >= 0.3 is 5.97 Å². The summed E-state index contributed by atoms with van der Waals surface area (Å²) < 4.78 is 11.9. The van der Waals surface area contributed by atoms with Crippen molar-refractivity contribution in [2.24, 2.45) is 11.8 Å². The van der Waals surface area contributed by atoms with Gasteiger partial charge < -0.3 is 19.7 Å². The van der Waals surface area contributed by atoms with Gasteiger partial charge in [-0.25, -0.2) is 4.90 Å². The van der Waals surface area contributed by atoms with Crippen LogP contribution in [0.2, 0.25) is 0 Å². The van der Waals surface area contributed by atoms with E-state index in [0.717, 1.165) is 21.6 Å². The van der Waals surface area contributed by atoms with Crippen LogP contribution in [0.15, 0.2) is 66.7 Å². The number of carboxylic acids is 1. The van der Waals surface area contributed by atoms with Gasteiger partial charge in [0.15, 0.2) is 17.0 Å². The molecule has 5 unspecified atom stereocenters. The maximum absolute atomic E-state index is 14.4.